The highest BCUT2D eigenvalue weighted by Crippen LogP contribution is 2.41. The van der Waals surface area contributed by atoms with Gasteiger partial charge >= 0.3 is 0 Å². The maximum atomic E-state index is 13.9. The van der Waals surface area contributed by atoms with Gasteiger partial charge in [0.05, 0.1) is 23.8 Å². The van der Waals surface area contributed by atoms with Gasteiger partial charge in [0.15, 0.2) is 11.4 Å². The first-order valence-electron chi connectivity index (χ1n) is 9.00. The van der Waals surface area contributed by atoms with E-state index in [4.69, 9.17) is 42.8 Å². The van der Waals surface area contributed by atoms with Gasteiger partial charge in [-0.15, -0.1) is 0 Å². The summed E-state index contributed by atoms with van der Waals surface area (Å²) in [4.78, 5) is 4.24. The molecule has 2 N–H and O–H groups in total. The first-order valence-corrected chi connectivity index (χ1v) is 9.76. The van der Waals surface area contributed by atoms with Gasteiger partial charge < -0.3 is 19.6 Å². The summed E-state index contributed by atoms with van der Waals surface area (Å²) < 4.78 is 30.9. The van der Waals surface area contributed by atoms with Crippen molar-refractivity contribution in [2.75, 3.05) is 12.8 Å². The quantitative estimate of drug-likeness (QED) is 0.346. The van der Waals surface area contributed by atoms with Gasteiger partial charge in [0.25, 0.3) is 0 Å². The van der Waals surface area contributed by atoms with Gasteiger partial charge in [-0.25, -0.2) is 9.37 Å². The Balaban J connectivity index is 1.76. The molecule has 0 spiro atoms. The number of methoxy groups -OCH3 is 1. The summed E-state index contributed by atoms with van der Waals surface area (Å²) in [6.45, 7) is 1.69. The summed E-state index contributed by atoms with van der Waals surface area (Å²) >= 11 is 12.3. The standard InChI is InChI=1S/C22H17Cl2FN2O3/c1-11(18-16(23)7-8-17(25)19(18)24)30-21-20-14(9-27-22(21)26)15(10-29-20)12-3-5-13(28-2)6-4-12/h3-11H,1-2H3,(H2,26,27)/t11-/m1/s1. The number of fused-ring (bicyclic) bond motifs is 1. The lowest BCUT2D eigenvalue weighted by molar-refractivity contribution is 0.227. The number of nitrogens with zero attached hydrogens (tertiary/aromatic N) is 1. The third-order valence-electron chi connectivity index (χ3n) is 4.78. The normalized spacial score (nSPS) is 12.2. The van der Waals surface area contributed by atoms with Crippen molar-refractivity contribution in [2.24, 2.45) is 0 Å². The lowest BCUT2D eigenvalue weighted by Gasteiger charge is -2.18. The van der Waals surface area contributed by atoms with E-state index in [-0.39, 0.29) is 21.6 Å². The Morgan fingerprint density at radius 3 is 2.57 bits per heavy atom. The van der Waals surface area contributed by atoms with Crippen LogP contribution in [0.1, 0.15) is 18.6 Å². The number of pyridine rings is 1. The number of ether oxygens (including phenoxy) is 2. The predicted octanol–water partition coefficient (Wildman–Crippen LogP) is 6.67. The van der Waals surface area contributed by atoms with E-state index in [1.165, 1.54) is 12.1 Å². The van der Waals surface area contributed by atoms with E-state index in [9.17, 15) is 4.39 Å². The van der Waals surface area contributed by atoms with E-state index in [2.05, 4.69) is 4.98 Å². The van der Waals surface area contributed by atoms with Gasteiger partial charge in [-0.2, -0.15) is 0 Å². The van der Waals surface area contributed by atoms with Crippen LogP contribution < -0.4 is 15.2 Å². The van der Waals surface area contributed by atoms with E-state index in [1.54, 1.807) is 26.5 Å². The van der Waals surface area contributed by atoms with Crippen LogP contribution in [0.25, 0.3) is 22.1 Å². The fourth-order valence-corrected chi connectivity index (χ4v) is 3.92. The first kappa shape index (κ1) is 20.3. The Hall–Kier alpha value is -2.96. The van der Waals surface area contributed by atoms with Crippen molar-refractivity contribution in [1.29, 1.82) is 0 Å². The van der Waals surface area contributed by atoms with E-state index in [0.717, 1.165) is 16.9 Å². The Bertz CT molecular complexity index is 1230. The van der Waals surface area contributed by atoms with Crippen LogP contribution in [0.4, 0.5) is 10.2 Å². The van der Waals surface area contributed by atoms with Crippen LogP contribution in [0.2, 0.25) is 10.0 Å². The average molecular weight is 447 g/mol. The molecule has 4 aromatic rings. The number of anilines is 1. The number of hydrogen-bond donors (Lipinski definition) is 1. The van der Waals surface area contributed by atoms with E-state index in [0.29, 0.717) is 16.5 Å². The molecule has 2 heterocycles. The fraction of sp³-hybridized carbons (Fsp3) is 0.136. The smallest absolute Gasteiger partial charge is 0.205 e. The number of nitrogens with two attached hydrogens (primary N) is 1. The fourth-order valence-electron chi connectivity index (χ4n) is 3.24. The van der Waals surface area contributed by atoms with Crippen LogP contribution in [0.5, 0.6) is 11.5 Å². The lowest BCUT2D eigenvalue weighted by Crippen LogP contribution is -2.08. The molecule has 0 radical (unpaired) electrons. The topological polar surface area (TPSA) is 70.5 Å². The Morgan fingerprint density at radius 1 is 1.13 bits per heavy atom. The van der Waals surface area contributed by atoms with E-state index >= 15 is 0 Å². The SMILES string of the molecule is COc1ccc(-c2coc3c(O[C@H](C)c4c(Cl)ccc(F)c4Cl)c(N)ncc23)cc1. The molecule has 0 aliphatic rings. The molecule has 0 amide bonds. The molecule has 0 aliphatic heterocycles. The van der Waals surface area contributed by atoms with Crippen molar-refractivity contribution in [2.45, 2.75) is 13.0 Å². The molecule has 0 aliphatic carbocycles. The third-order valence-corrected chi connectivity index (χ3v) is 5.50. The van der Waals surface area contributed by atoms with Crippen molar-refractivity contribution in [1.82, 2.24) is 4.98 Å². The summed E-state index contributed by atoms with van der Waals surface area (Å²) in [5.74, 6) is 0.524. The molecule has 2 aromatic heterocycles. The highest BCUT2D eigenvalue weighted by molar-refractivity contribution is 6.36. The predicted molar refractivity (Wildman–Crippen MR) is 116 cm³/mol. The summed E-state index contributed by atoms with van der Waals surface area (Å²) in [5.41, 5.74) is 8.52. The second kappa shape index (κ2) is 8.05. The van der Waals surface area contributed by atoms with Gasteiger partial charge in [0.1, 0.15) is 17.7 Å². The molecule has 0 saturated carbocycles. The summed E-state index contributed by atoms with van der Waals surface area (Å²) in [5, 5.41) is 0.894. The molecule has 5 nitrogen and oxygen atoms in total. The number of halogens is 3. The molecule has 2 aromatic carbocycles. The number of benzene rings is 2. The molecule has 154 valence electrons. The van der Waals surface area contributed by atoms with Crippen LogP contribution in [-0.4, -0.2) is 12.1 Å². The maximum Gasteiger partial charge on any atom is 0.205 e. The Morgan fingerprint density at radius 2 is 1.87 bits per heavy atom. The highest BCUT2D eigenvalue weighted by Gasteiger charge is 2.23. The number of nitrogen functional groups attached to an aromatic ring is 1. The minimum atomic E-state index is -0.704. The van der Waals surface area contributed by atoms with Crippen molar-refractivity contribution >= 4 is 40.0 Å². The van der Waals surface area contributed by atoms with Crippen molar-refractivity contribution in [3.63, 3.8) is 0 Å². The van der Waals surface area contributed by atoms with Gasteiger partial charge in [-0.05, 0) is 36.8 Å². The summed E-state index contributed by atoms with van der Waals surface area (Å²) in [6.07, 6.45) is 2.52. The van der Waals surface area contributed by atoms with Gasteiger partial charge in [0.2, 0.25) is 5.75 Å². The third kappa shape index (κ3) is 3.53. The minimum absolute atomic E-state index is 0.105. The molecule has 8 heteroatoms. The van der Waals surface area contributed by atoms with Crippen LogP contribution in [0.15, 0.2) is 53.3 Å². The van der Waals surface area contributed by atoms with Crippen molar-refractivity contribution in [3.8, 4) is 22.6 Å². The second-order valence-electron chi connectivity index (χ2n) is 6.61. The molecule has 1 atom stereocenters. The van der Waals surface area contributed by atoms with Gasteiger partial charge in [-0.1, -0.05) is 35.3 Å². The molecular weight excluding hydrogens is 430 g/mol. The minimum Gasteiger partial charge on any atom is -0.497 e. The number of aromatic nitrogens is 1. The van der Waals surface area contributed by atoms with Gasteiger partial charge in [-0.3, -0.25) is 0 Å². The number of furan rings is 1. The molecule has 0 bridgehead atoms. The van der Waals surface area contributed by atoms with Crippen LogP contribution in [0, 0.1) is 5.82 Å². The molecule has 30 heavy (non-hydrogen) atoms. The van der Waals surface area contributed by atoms with Crippen molar-refractivity contribution in [3.05, 3.63) is 70.3 Å². The molecule has 4 rings (SSSR count). The van der Waals surface area contributed by atoms with Crippen LogP contribution >= 0.6 is 23.2 Å². The van der Waals surface area contributed by atoms with Crippen molar-refractivity contribution < 1.29 is 18.3 Å². The monoisotopic (exact) mass is 446 g/mol. The Labute approximate surface area is 182 Å². The van der Waals surface area contributed by atoms with E-state index < -0.39 is 11.9 Å². The highest BCUT2D eigenvalue weighted by atomic mass is 35.5. The van der Waals surface area contributed by atoms with Crippen LogP contribution in [0.3, 0.4) is 0 Å². The molecular formula is C22H17Cl2FN2O3. The molecule has 0 unspecified atom stereocenters. The zero-order chi connectivity index (χ0) is 21.4. The number of hydrogen-bond acceptors (Lipinski definition) is 5. The second-order valence-corrected chi connectivity index (χ2v) is 7.40. The van der Waals surface area contributed by atoms with Gasteiger partial charge in [0, 0.05) is 22.3 Å². The zero-order valence-corrected chi connectivity index (χ0v) is 17.6. The first-order chi connectivity index (χ1) is 14.4. The van der Waals surface area contributed by atoms with E-state index in [1.807, 2.05) is 24.3 Å². The average Bonchev–Trinajstić information content (AvgIpc) is 3.17. The number of rotatable bonds is 5. The largest absolute Gasteiger partial charge is 0.497 e. The molecule has 0 fully saturated rings. The zero-order valence-electron chi connectivity index (χ0n) is 16.1. The lowest BCUT2D eigenvalue weighted by atomic mass is 10.1. The van der Waals surface area contributed by atoms with Crippen LogP contribution in [-0.2, 0) is 0 Å². The molecule has 0 saturated heterocycles. The summed E-state index contributed by atoms with van der Waals surface area (Å²) in [7, 11) is 1.61. The Kier molecular flexibility index (Phi) is 5.45. The summed E-state index contributed by atoms with van der Waals surface area (Å²) in [6, 6.07) is 10.2. The maximum absolute atomic E-state index is 13.9.